The van der Waals surface area contributed by atoms with E-state index in [2.05, 4.69) is 4.90 Å². The van der Waals surface area contributed by atoms with Crippen LogP contribution in [0, 0.1) is 0 Å². The highest BCUT2D eigenvalue weighted by Crippen LogP contribution is 2.25. The monoisotopic (exact) mass is 505 g/mol. The van der Waals surface area contributed by atoms with E-state index in [1.54, 1.807) is 11.0 Å². The molecule has 1 saturated heterocycles. The van der Waals surface area contributed by atoms with Gasteiger partial charge in [-0.05, 0) is 67.6 Å². The molecule has 186 valence electrons. The maximum absolute atomic E-state index is 13.6. The van der Waals surface area contributed by atoms with Crippen molar-refractivity contribution >= 4 is 39.0 Å². The van der Waals surface area contributed by atoms with E-state index in [0.29, 0.717) is 12.2 Å². The molecule has 2 amide bonds. The Hall–Kier alpha value is -2.23. The van der Waals surface area contributed by atoms with Gasteiger partial charge in [0, 0.05) is 20.0 Å². The number of primary amides is 1. The Morgan fingerprint density at radius 1 is 1.21 bits per heavy atom. The number of carbonyl (C=O) groups excluding carboxylic acids is 2. The Kier molecular flexibility index (Phi) is 10.1. The predicted octanol–water partition coefficient (Wildman–Crippen LogP) is 3.89. The Morgan fingerprint density at radius 2 is 1.97 bits per heavy atom. The highest BCUT2D eigenvalue weighted by Gasteiger charge is 2.33. The molecule has 0 spiro atoms. The number of nitrogens with zero attached hydrogens (tertiary/aromatic N) is 2. The van der Waals surface area contributed by atoms with E-state index in [0.717, 1.165) is 36.6 Å². The Bertz CT molecular complexity index is 961. The van der Waals surface area contributed by atoms with E-state index < -0.39 is 27.4 Å². The van der Waals surface area contributed by atoms with Gasteiger partial charge in [0.05, 0.1) is 21.1 Å². The number of piperidine rings is 1. The third kappa shape index (κ3) is 7.38. The summed E-state index contributed by atoms with van der Waals surface area (Å²) in [6, 6.07) is 11.3. The van der Waals surface area contributed by atoms with Gasteiger partial charge in [-0.1, -0.05) is 31.9 Å². The van der Waals surface area contributed by atoms with Gasteiger partial charge < -0.3 is 15.4 Å². The summed E-state index contributed by atoms with van der Waals surface area (Å²) >= 11 is 1.44. The maximum atomic E-state index is 13.6. The number of ether oxygens (including phenoxy) is 1. The standard InChI is InChI=1S/C25H35N3O4S2/c1-3-9-22(18-28(19(2)29)23-12-8-15-33-23)34(31)25(24(26)30)32-21-11-7-10-20(16-21)17-27-13-5-4-6-14-27/h7-8,10-12,15-16,22,25H,3-6,9,13-14,17-18H2,1-2H3,(H2,26,30). The molecular formula is C25H35N3O4S2. The number of nitrogens with two attached hydrogens (primary N) is 1. The van der Waals surface area contributed by atoms with Crippen LogP contribution in [0.4, 0.5) is 5.00 Å². The van der Waals surface area contributed by atoms with Crippen LogP contribution < -0.4 is 15.4 Å². The fraction of sp³-hybridized carbons (Fsp3) is 0.520. The lowest BCUT2D eigenvalue weighted by Gasteiger charge is -2.28. The molecule has 1 aromatic carbocycles. The lowest BCUT2D eigenvalue weighted by molar-refractivity contribution is -0.121. The van der Waals surface area contributed by atoms with Crippen LogP contribution in [-0.4, -0.2) is 51.2 Å². The summed E-state index contributed by atoms with van der Waals surface area (Å²) in [6.07, 6.45) is 5.02. The van der Waals surface area contributed by atoms with Crippen LogP contribution in [0.15, 0.2) is 41.8 Å². The highest BCUT2D eigenvalue weighted by atomic mass is 32.2. The summed E-state index contributed by atoms with van der Waals surface area (Å²) in [7, 11) is -1.73. The van der Waals surface area contributed by atoms with Gasteiger partial charge in [-0.15, -0.1) is 11.3 Å². The second-order valence-corrected chi connectivity index (χ2v) is 11.3. The Labute approximate surface area is 208 Å². The first-order valence-electron chi connectivity index (χ1n) is 11.9. The number of hydrogen-bond donors (Lipinski definition) is 1. The van der Waals surface area contributed by atoms with Crippen molar-refractivity contribution in [1.82, 2.24) is 4.90 Å². The molecule has 1 aliphatic heterocycles. The van der Waals surface area contributed by atoms with E-state index in [4.69, 9.17) is 10.5 Å². The number of likely N-dealkylation sites (tertiary alicyclic amines) is 1. The van der Waals surface area contributed by atoms with Gasteiger partial charge in [0.15, 0.2) is 0 Å². The molecule has 1 fully saturated rings. The van der Waals surface area contributed by atoms with E-state index in [1.807, 2.05) is 42.6 Å². The van der Waals surface area contributed by atoms with Gasteiger partial charge in [0.2, 0.25) is 11.3 Å². The van der Waals surface area contributed by atoms with Crippen molar-refractivity contribution in [2.24, 2.45) is 5.73 Å². The minimum Gasteiger partial charge on any atom is -0.467 e. The van der Waals surface area contributed by atoms with Crippen LogP contribution in [0.3, 0.4) is 0 Å². The quantitative estimate of drug-likeness (QED) is 0.472. The lowest BCUT2D eigenvalue weighted by Crippen LogP contribution is -2.46. The molecule has 1 aliphatic rings. The molecule has 34 heavy (non-hydrogen) atoms. The Morgan fingerprint density at radius 3 is 2.59 bits per heavy atom. The zero-order valence-electron chi connectivity index (χ0n) is 20.0. The molecule has 0 aliphatic carbocycles. The van der Waals surface area contributed by atoms with E-state index in [9.17, 15) is 13.8 Å². The van der Waals surface area contributed by atoms with Crippen LogP contribution in [-0.2, 0) is 26.9 Å². The van der Waals surface area contributed by atoms with Crippen molar-refractivity contribution in [2.45, 2.75) is 63.2 Å². The van der Waals surface area contributed by atoms with Crippen LogP contribution in [0.5, 0.6) is 5.75 Å². The van der Waals surface area contributed by atoms with Crippen molar-refractivity contribution in [3.63, 3.8) is 0 Å². The minimum atomic E-state index is -1.73. The predicted molar refractivity (Wildman–Crippen MR) is 138 cm³/mol. The summed E-state index contributed by atoms with van der Waals surface area (Å²) < 4.78 is 19.5. The summed E-state index contributed by atoms with van der Waals surface area (Å²) in [5, 5.41) is 2.22. The average Bonchev–Trinajstić information content (AvgIpc) is 3.35. The largest absolute Gasteiger partial charge is 0.467 e. The van der Waals surface area contributed by atoms with Crippen LogP contribution in [0.1, 0.15) is 51.5 Å². The second kappa shape index (κ2) is 13.0. The zero-order chi connectivity index (χ0) is 24.5. The molecule has 0 radical (unpaired) electrons. The number of amides is 2. The molecule has 2 aromatic rings. The van der Waals surface area contributed by atoms with Gasteiger partial charge in [-0.3, -0.25) is 18.7 Å². The molecule has 2 N–H and O–H groups in total. The molecule has 1 aromatic heterocycles. The van der Waals surface area contributed by atoms with Crippen molar-refractivity contribution in [3.05, 3.63) is 47.3 Å². The van der Waals surface area contributed by atoms with Crippen molar-refractivity contribution < 1.29 is 18.5 Å². The molecule has 0 saturated carbocycles. The third-order valence-corrected chi connectivity index (χ3v) is 8.60. The lowest BCUT2D eigenvalue weighted by atomic mass is 10.1. The molecule has 7 nitrogen and oxygen atoms in total. The number of hydrogen-bond acceptors (Lipinski definition) is 6. The number of benzene rings is 1. The zero-order valence-corrected chi connectivity index (χ0v) is 21.6. The second-order valence-electron chi connectivity index (χ2n) is 8.66. The molecule has 2 heterocycles. The van der Waals surface area contributed by atoms with Gasteiger partial charge in [-0.2, -0.15) is 0 Å². The molecule has 9 heteroatoms. The Balaban J connectivity index is 1.74. The summed E-state index contributed by atoms with van der Waals surface area (Å²) in [5.41, 5.74) is 5.44. The maximum Gasteiger partial charge on any atom is 0.271 e. The first kappa shape index (κ1) is 26.4. The number of anilines is 1. The smallest absolute Gasteiger partial charge is 0.271 e. The summed E-state index contributed by atoms with van der Waals surface area (Å²) in [5.74, 6) is -0.433. The molecule has 3 atom stereocenters. The normalized spacial score (nSPS) is 17.0. The summed E-state index contributed by atoms with van der Waals surface area (Å²) in [6.45, 7) is 6.68. The van der Waals surface area contributed by atoms with Gasteiger partial charge in [-0.25, -0.2) is 0 Å². The van der Waals surface area contributed by atoms with Gasteiger partial charge >= 0.3 is 0 Å². The van der Waals surface area contributed by atoms with Gasteiger partial charge in [0.25, 0.3) is 5.91 Å². The van der Waals surface area contributed by atoms with E-state index in [-0.39, 0.29) is 12.5 Å². The number of thiophene rings is 1. The average molecular weight is 506 g/mol. The first-order valence-corrected chi connectivity index (χ1v) is 14.0. The number of carbonyl (C=O) groups is 2. The van der Waals surface area contributed by atoms with Crippen LogP contribution in [0.25, 0.3) is 0 Å². The van der Waals surface area contributed by atoms with Crippen LogP contribution >= 0.6 is 11.3 Å². The minimum absolute atomic E-state index is 0.137. The van der Waals surface area contributed by atoms with Crippen molar-refractivity contribution in [2.75, 3.05) is 24.5 Å². The molecule has 3 rings (SSSR count). The fourth-order valence-electron chi connectivity index (χ4n) is 4.21. The third-order valence-electron chi connectivity index (χ3n) is 5.92. The first-order chi connectivity index (χ1) is 16.4. The molecule has 3 unspecified atom stereocenters. The topological polar surface area (TPSA) is 92.9 Å². The van der Waals surface area contributed by atoms with Crippen molar-refractivity contribution in [1.29, 1.82) is 0 Å². The number of rotatable bonds is 12. The van der Waals surface area contributed by atoms with Crippen LogP contribution in [0.2, 0.25) is 0 Å². The fourth-order valence-corrected chi connectivity index (χ4v) is 6.55. The van der Waals surface area contributed by atoms with E-state index >= 15 is 0 Å². The SMILES string of the molecule is CCCC(CN(C(C)=O)c1cccs1)S(=O)C(Oc1cccc(CN2CCCCC2)c1)C(N)=O. The molecular weight excluding hydrogens is 470 g/mol. The van der Waals surface area contributed by atoms with Crippen molar-refractivity contribution in [3.8, 4) is 5.75 Å². The van der Waals surface area contributed by atoms with Gasteiger partial charge in [0.1, 0.15) is 5.75 Å². The van der Waals surface area contributed by atoms with E-state index in [1.165, 1.54) is 37.5 Å². The highest BCUT2D eigenvalue weighted by molar-refractivity contribution is 7.87. The molecule has 0 bridgehead atoms. The summed E-state index contributed by atoms with van der Waals surface area (Å²) in [4.78, 5) is 28.6.